The van der Waals surface area contributed by atoms with Crippen molar-refractivity contribution < 1.29 is 23.7 Å². The molecule has 1 aromatic carbocycles. The summed E-state index contributed by atoms with van der Waals surface area (Å²) in [7, 11) is 0. The van der Waals surface area contributed by atoms with Crippen molar-refractivity contribution >= 4 is 11.7 Å². The molecular weight excluding hydrogens is 322 g/mol. The van der Waals surface area contributed by atoms with Gasteiger partial charge in [-0.1, -0.05) is 0 Å². The van der Waals surface area contributed by atoms with Crippen LogP contribution in [0.3, 0.4) is 0 Å². The van der Waals surface area contributed by atoms with Crippen molar-refractivity contribution in [2.45, 2.75) is 59.9 Å². The summed E-state index contributed by atoms with van der Waals surface area (Å²) in [6, 6.07) is 3.60. The highest BCUT2D eigenvalue weighted by Crippen LogP contribution is 2.34. The number of carbonyl (C=O) groups is 1. The minimum Gasteiger partial charge on any atom is -0.491 e. The first-order valence-corrected chi connectivity index (χ1v) is 8.90. The van der Waals surface area contributed by atoms with Crippen LogP contribution in [0.1, 0.15) is 58.5 Å². The lowest BCUT2D eigenvalue weighted by Gasteiger charge is -2.24. The van der Waals surface area contributed by atoms with E-state index in [1.54, 1.807) is 13.0 Å². The van der Waals surface area contributed by atoms with Gasteiger partial charge in [0, 0.05) is 42.5 Å². The lowest BCUT2D eigenvalue weighted by molar-refractivity contribution is -0.144. The monoisotopic (exact) mass is 353 g/mol. The Morgan fingerprint density at radius 2 is 1.72 bits per heavy atom. The number of nitrogens with two attached hydrogens (primary N) is 1. The lowest BCUT2D eigenvalue weighted by atomic mass is 9.99. The van der Waals surface area contributed by atoms with Gasteiger partial charge in [-0.05, 0) is 47.1 Å². The zero-order chi connectivity index (χ0) is 18.8. The van der Waals surface area contributed by atoms with Gasteiger partial charge in [-0.3, -0.25) is 4.79 Å². The maximum absolute atomic E-state index is 11.8. The van der Waals surface area contributed by atoms with Crippen molar-refractivity contribution in [3.63, 3.8) is 0 Å². The first kappa shape index (κ1) is 21.3. The second-order valence-corrected chi connectivity index (χ2v) is 5.80. The molecule has 0 bridgehead atoms. The van der Waals surface area contributed by atoms with Crippen molar-refractivity contribution in [1.29, 1.82) is 0 Å². The first-order valence-electron chi connectivity index (χ1n) is 8.90. The highest BCUT2D eigenvalue weighted by molar-refractivity contribution is 5.70. The molecule has 0 heterocycles. The van der Waals surface area contributed by atoms with Gasteiger partial charge in [-0.15, -0.1) is 0 Å². The molecule has 6 nitrogen and oxygen atoms in total. The molecule has 0 spiro atoms. The highest BCUT2D eigenvalue weighted by Gasteiger charge is 2.22. The Balaban J connectivity index is 3.25. The maximum atomic E-state index is 11.8. The van der Waals surface area contributed by atoms with Crippen molar-refractivity contribution in [3.8, 4) is 5.75 Å². The number of esters is 1. The van der Waals surface area contributed by atoms with E-state index in [0.29, 0.717) is 37.7 Å². The molecule has 0 saturated heterocycles. The Kier molecular flexibility index (Phi) is 9.31. The van der Waals surface area contributed by atoms with Crippen molar-refractivity contribution in [2.24, 2.45) is 0 Å². The number of ether oxygens (including phenoxy) is 4. The zero-order valence-electron chi connectivity index (χ0n) is 16.0. The lowest BCUT2D eigenvalue weighted by Crippen LogP contribution is -2.16. The van der Waals surface area contributed by atoms with Crippen molar-refractivity contribution in [2.75, 3.05) is 25.6 Å². The molecular formula is C19H31NO5. The third kappa shape index (κ3) is 6.92. The van der Waals surface area contributed by atoms with Crippen molar-refractivity contribution in [3.05, 3.63) is 23.3 Å². The van der Waals surface area contributed by atoms with Crippen LogP contribution in [0.25, 0.3) is 0 Å². The molecule has 0 aromatic heterocycles. The molecule has 0 atom stereocenters. The smallest absolute Gasteiger partial charge is 0.306 e. The summed E-state index contributed by atoms with van der Waals surface area (Å²) < 4.78 is 22.4. The van der Waals surface area contributed by atoms with Crippen LogP contribution in [0.5, 0.6) is 5.75 Å². The van der Waals surface area contributed by atoms with Crippen LogP contribution in [0.15, 0.2) is 12.1 Å². The summed E-state index contributed by atoms with van der Waals surface area (Å²) in [5.74, 6) is 0.406. The molecule has 0 unspecified atom stereocenters. The van der Waals surface area contributed by atoms with Crippen LogP contribution >= 0.6 is 0 Å². The number of hydrogen-bond donors (Lipinski definition) is 1. The van der Waals surface area contributed by atoms with Gasteiger partial charge >= 0.3 is 5.97 Å². The van der Waals surface area contributed by atoms with E-state index in [1.165, 1.54) is 0 Å². The molecule has 0 aliphatic rings. The SMILES string of the molecule is CCOC(=O)CCc1c(OC(C)C)cc(N)cc1C(OCC)OCC. The number of anilines is 1. The average molecular weight is 353 g/mol. The van der Waals surface area contributed by atoms with Crippen LogP contribution in [0.4, 0.5) is 5.69 Å². The second-order valence-electron chi connectivity index (χ2n) is 5.80. The molecule has 142 valence electrons. The van der Waals surface area contributed by atoms with Gasteiger partial charge in [-0.2, -0.15) is 0 Å². The average Bonchev–Trinajstić information content (AvgIpc) is 2.53. The summed E-state index contributed by atoms with van der Waals surface area (Å²) >= 11 is 0. The Labute approximate surface area is 150 Å². The van der Waals surface area contributed by atoms with Gasteiger partial charge < -0.3 is 24.7 Å². The molecule has 0 fully saturated rings. The molecule has 2 N–H and O–H groups in total. The minimum absolute atomic E-state index is 0.0198. The quantitative estimate of drug-likeness (QED) is 0.372. The van der Waals surface area contributed by atoms with E-state index < -0.39 is 6.29 Å². The summed E-state index contributed by atoms with van der Waals surface area (Å²) in [5.41, 5.74) is 8.28. The number of benzene rings is 1. The number of carbonyl (C=O) groups excluding carboxylic acids is 1. The molecule has 6 heteroatoms. The molecule has 1 aromatic rings. The Morgan fingerprint density at radius 1 is 1.08 bits per heavy atom. The summed E-state index contributed by atoms with van der Waals surface area (Å²) in [6.07, 6.45) is 0.149. The molecule has 0 aliphatic carbocycles. The summed E-state index contributed by atoms with van der Waals surface area (Å²) in [5, 5.41) is 0. The molecule has 0 saturated carbocycles. The highest BCUT2D eigenvalue weighted by atomic mass is 16.7. The molecule has 25 heavy (non-hydrogen) atoms. The topological polar surface area (TPSA) is 80.0 Å². The Hall–Kier alpha value is -1.79. The molecule has 0 amide bonds. The van der Waals surface area contributed by atoms with E-state index in [2.05, 4.69) is 0 Å². The van der Waals surface area contributed by atoms with E-state index in [0.717, 1.165) is 11.1 Å². The van der Waals surface area contributed by atoms with Gasteiger partial charge in [0.2, 0.25) is 0 Å². The van der Waals surface area contributed by atoms with E-state index in [1.807, 2.05) is 33.8 Å². The predicted molar refractivity (Wildman–Crippen MR) is 97.6 cm³/mol. The van der Waals surface area contributed by atoms with E-state index in [9.17, 15) is 4.79 Å². The third-order valence-electron chi connectivity index (χ3n) is 3.40. The van der Waals surface area contributed by atoms with Crippen LogP contribution < -0.4 is 10.5 Å². The molecule has 0 aliphatic heterocycles. The van der Waals surface area contributed by atoms with Gasteiger partial charge in [-0.25, -0.2) is 0 Å². The van der Waals surface area contributed by atoms with Crippen LogP contribution in [0, 0.1) is 0 Å². The second kappa shape index (κ2) is 10.9. The summed E-state index contributed by atoms with van der Waals surface area (Å²) in [4.78, 5) is 11.8. The van der Waals surface area contributed by atoms with E-state index in [-0.39, 0.29) is 18.5 Å². The number of rotatable bonds is 11. The van der Waals surface area contributed by atoms with Gasteiger partial charge in [0.1, 0.15) is 5.75 Å². The largest absolute Gasteiger partial charge is 0.491 e. The van der Waals surface area contributed by atoms with E-state index in [4.69, 9.17) is 24.7 Å². The van der Waals surface area contributed by atoms with Crippen LogP contribution in [-0.4, -0.2) is 31.9 Å². The predicted octanol–water partition coefficient (Wildman–Crippen LogP) is 3.62. The number of hydrogen-bond acceptors (Lipinski definition) is 6. The Morgan fingerprint density at radius 3 is 2.24 bits per heavy atom. The van der Waals surface area contributed by atoms with E-state index >= 15 is 0 Å². The van der Waals surface area contributed by atoms with Crippen molar-refractivity contribution in [1.82, 2.24) is 0 Å². The van der Waals surface area contributed by atoms with Gasteiger partial charge in [0.05, 0.1) is 12.7 Å². The fourth-order valence-electron chi connectivity index (χ4n) is 2.52. The van der Waals surface area contributed by atoms with Gasteiger partial charge in [0.25, 0.3) is 0 Å². The Bertz CT molecular complexity index is 539. The fraction of sp³-hybridized carbons (Fsp3) is 0.632. The van der Waals surface area contributed by atoms with Crippen LogP contribution in [0.2, 0.25) is 0 Å². The van der Waals surface area contributed by atoms with Crippen LogP contribution in [-0.2, 0) is 25.4 Å². The fourth-order valence-corrected chi connectivity index (χ4v) is 2.52. The minimum atomic E-state index is -0.551. The first-order chi connectivity index (χ1) is 11.9. The molecule has 1 rings (SSSR count). The third-order valence-corrected chi connectivity index (χ3v) is 3.40. The summed E-state index contributed by atoms with van der Waals surface area (Å²) in [6.45, 7) is 10.9. The molecule has 0 radical (unpaired) electrons. The normalized spacial score (nSPS) is 11.2. The number of nitrogen functional groups attached to an aromatic ring is 1. The maximum Gasteiger partial charge on any atom is 0.306 e. The zero-order valence-corrected chi connectivity index (χ0v) is 16.0. The standard InChI is InChI=1S/C19H31NO5/c1-6-22-18(21)10-9-15-16(19(23-7-2)24-8-3)11-14(20)12-17(15)25-13(4)5/h11-13,19H,6-10,20H2,1-5H3. The van der Waals surface area contributed by atoms with Gasteiger partial charge in [0.15, 0.2) is 6.29 Å².